The minimum atomic E-state index is -0.148. The molecule has 1 saturated carbocycles. The molecule has 2 heterocycles. The predicted octanol–water partition coefficient (Wildman–Crippen LogP) is 4.12. The van der Waals surface area contributed by atoms with Crippen molar-refractivity contribution in [2.45, 2.75) is 50.9 Å². The number of allylic oxidation sites excluding steroid dienone is 1. The van der Waals surface area contributed by atoms with Gasteiger partial charge in [-0.25, -0.2) is 0 Å². The number of benzene rings is 1. The molecule has 8 nitrogen and oxygen atoms in total. The number of para-hydroxylation sites is 1. The van der Waals surface area contributed by atoms with E-state index in [0.717, 1.165) is 34.7 Å². The highest BCUT2D eigenvalue weighted by Gasteiger charge is 2.27. The number of anilines is 1. The van der Waals surface area contributed by atoms with E-state index in [9.17, 15) is 4.79 Å². The number of nitrogens with zero attached hydrogens (tertiary/aromatic N) is 5. The molecule has 4 rings (SSSR count). The second-order valence-electron chi connectivity index (χ2n) is 7.36. The van der Waals surface area contributed by atoms with E-state index in [1.165, 1.54) is 23.1 Å². The Morgan fingerprint density at radius 1 is 1.29 bits per heavy atom. The topological polar surface area (TPSA) is 94.8 Å². The number of rotatable bonds is 10. The normalized spacial score (nSPS) is 13.2. The average Bonchev–Trinajstić information content (AvgIpc) is 3.38. The van der Waals surface area contributed by atoms with Crippen LogP contribution in [0.25, 0.3) is 0 Å². The zero-order valence-corrected chi connectivity index (χ0v) is 19.1. The smallest absolute Gasteiger partial charge is 0.236 e. The highest BCUT2D eigenvalue weighted by molar-refractivity contribution is 7.99. The Morgan fingerprint density at radius 3 is 2.77 bits per heavy atom. The summed E-state index contributed by atoms with van der Waals surface area (Å²) in [5.74, 6) is 2.12. The Kier molecular flexibility index (Phi) is 6.67. The molecule has 162 valence electrons. The minimum absolute atomic E-state index is 0.148. The molecule has 1 aromatic carbocycles. The Balaban J connectivity index is 1.37. The quantitative estimate of drug-likeness (QED) is 0.362. The van der Waals surface area contributed by atoms with Crippen LogP contribution in [-0.4, -0.2) is 36.6 Å². The van der Waals surface area contributed by atoms with Crippen molar-refractivity contribution in [1.82, 2.24) is 25.0 Å². The fraction of sp³-hybridized carbons (Fsp3) is 0.381. The first kappa shape index (κ1) is 21.5. The molecule has 0 spiro atoms. The Bertz CT molecular complexity index is 1070. The summed E-state index contributed by atoms with van der Waals surface area (Å²) in [5.41, 5.74) is 2.14. The molecular formula is C21H24N6O2S2. The van der Waals surface area contributed by atoms with Gasteiger partial charge in [0.1, 0.15) is 17.4 Å². The Hall–Kier alpha value is -2.72. The number of thioether (sulfide) groups is 1. The third-order valence-corrected chi connectivity index (χ3v) is 6.77. The van der Waals surface area contributed by atoms with E-state index in [1.54, 1.807) is 6.08 Å². The van der Waals surface area contributed by atoms with Crippen LogP contribution in [0.2, 0.25) is 0 Å². The van der Waals surface area contributed by atoms with Crippen molar-refractivity contribution in [3.05, 3.63) is 52.8 Å². The SMILES string of the molecule is C=CCn1c(COc2c(C)cccc2C)nnc1SCC(=O)Nc1nnc(C2CC2)s1. The first-order valence-electron chi connectivity index (χ1n) is 10.0. The molecule has 0 atom stereocenters. The van der Waals surface area contributed by atoms with Gasteiger partial charge in [-0.05, 0) is 37.8 Å². The lowest BCUT2D eigenvalue weighted by Crippen LogP contribution is -2.15. The van der Waals surface area contributed by atoms with Gasteiger partial charge in [0, 0.05) is 12.5 Å². The molecule has 0 aliphatic heterocycles. The Morgan fingerprint density at radius 2 is 2.06 bits per heavy atom. The molecule has 0 unspecified atom stereocenters. The third-order valence-electron chi connectivity index (χ3n) is 4.81. The van der Waals surface area contributed by atoms with Gasteiger partial charge in [-0.3, -0.25) is 14.7 Å². The van der Waals surface area contributed by atoms with Crippen molar-refractivity contribution >= 4 is 34.1 Å². The van der Waals surface area contributed by atoms with Crippen molar-refractivity contribution < 1.29 is 9.53 Å². The molecule has 3 aromatic rings. The first-order chi connectivity index (χ1) is 15.0. The van der Waals surface area contributed by atoms with Crippen LogP contribution in [0.3, 0.4) is 0 Å². The summed E-state index contributed by atoms with van der Waals surface area (Å²) in [6.45, 7) is 8.67. The van der Waals surface area contributed by atoms with E-state index in [0.29, 0.717) is 28.6 Å². The number of ether oxygens (including phenoxy) is 1. The molecule has 31 heavy (non-hydrogen) atoms. The van der Waals surface area contributed by atoms with Crippen LogP contribution in [0.1, 0.15) is 40.7 Å². The van der Waals surface area contributed by atoms with Gasteiger partial charge in [-0.2, -0.15) is 0 Å². The monoisotopic (exact) mass is 456 g/mol. The average molecular weight is 457 g/mol. The molecular weight excluding hydrogens is 432 g/mol. The number of carbonyl (C=O) groups excluding carboxylic acids is 1. The van der Waals surface area contributed by atoms with Gasteiger partial charge in [-0.15, -0.1) is 27.0 Å². The fourth-order valence-electron chi connectivity index (χ4n) is 3.07. The first-order valence-corrected chi connectivity index (χ1v) is 11.8. The number of hydrogen-bond donors (Lipinski definition) is 1. The molecule has 0 radical (unpaired) electrons. The minimum Gasteiger partial charge on any atom is -0.485 e. The third kappa shape index (κ3) is 5.31. The maximum absolute atomic E-state index is 12.3. The molecule has 1 fully saturated rings. The summed E-state index contributed by atoms with van der Waals surface area (Å²) < 4.78 is 7.94. The summed E-state index contributed by atoms with van der Waals surface area (Å²) in [7, 11) is 0. The lowest BCUT2D eigenvalue weighted by atomic mass is 10.1. The van der Waals surface area contributed by atoms with Crippen LogP contribution in [0.4, 0.5) is 5.13 Å². The van der Waals surface area contributed by atoms with Crippen molar-refractivity contribution in [2.75, 3.05) is 11.1 Å². The summed E-state index contributed by atoms with van der Waals surface area (Å²) in [5, 5.41) is 21.7. The lowest BCUT2D eigenvalue weighted by molar-refractivity contribution is -0.113. The van der Waals surface area contributed by atoms with E-state index in [2.05, 4.69) is 32.3 Å². The molecule has 1 aliphatic rings. The van der Waals surface area contributed by atoms with Crippen molar-refractivity contribution in [1.29, 1.82) is 0 Å². The van der Waals surface area contributed by atoms with Gasteiger partial charge < -0.3 is 4.74 Å². The summed E-state index contributed by atoms with van der Waals surface area (Å²) in [6.07, 6.45) is 4.09. The standard InChI is InChI=1S/C21H24N6O2S2/c1-4-10-27-16(11-29-18-13(2)6-5-7-14(18)3)23-26-21(27)30-12-17(28)22-20-25-24-19(31-20)15-8-9-15/h4-7,15H,1,8-12H2,2-3H3,(H,22,25,28). The summed E-state index contributed by atoms with van der Waals surface area (Å²) in [4.78, 5) is 12.3. The predicted molar refractivity (Wildman–Crippen MR) is 122 cm³/mol. The van der Waals surface area contributed by atoms with Gasteiger partial charge in [0.2, 0.25) is 11.0 Å². The van der Waals surface area contributed by atoms with Gasteiger partial charge >= 0.3 is 0 Å². The van der Waals surface area contributed by atoms with E-state index in [4.69, 9.17) is 4.74 Å². The lowest BCUT2D eigenvalue weighted by Gasteiger charge is -2.12. The van der Waals surface area contributed by atoms with Crippen molar-refractivity contribution in [3.63, 3.8) is 0 Å². The molecule has 0 bridgehead atoms. The van der Waals surface area contributed by atoms with Gasteiger partial charge in [-0.1, -0.05) is 47.4 Å². The fourth-order valence-corrected chi connectivity index (χ4v) is 4.77. The van der Waals surface area contributed by atoms with Crippen LogP contribution in [0, 0.1) is 13.8 Å². The van der Waals surface area contributed by atoms with E-state index in [1.807, 2.05) is 36.6 Å². The second kappa shape index (κ2) is 9.61. The van der Waals surface area contributed by atoms with Gasteiger partial charge in [0.05, 0.1) is 5.75 Å². The number of carbonyl (C=O) groups is 1. The van der Waals surface area contributed by atoms with Crippen LogP contribution in [-0.2, 0) is 17.9 Å². The van der Waals surface area contributed by atoms with Crippen molar-refractivity contribution in [3.8, 4) is 5.75 Å². The highest BCUT2D eigenvalue weighted by atomic mass is 32.2. The molecule has 1 N–H and O–H groups in total. The van der Waals surface area contributed by atoms with Crippen LogP contribution < -0.4 is 10.1 Å². The van der Waals surface area contributed by atoms with Gasteiger partial charge in [0.15, 0.2) is 11.0 Å². The van der Waals surface area contributed by atoms with E-state index >= 15 is 0 Å². The van der Waals surface area contributed by atoms with Crippen LogP contribution >= 0.6 is 23.1 Å². The summed E-state index contributed by atoms with van der Waals surface area (Å²) >= 11 is 2.77. The zero-order valence-electron chi connectivity index (χ0n) is 17.5. The number of aryl methyl sites for hydroxylation is 2. The van der Waals surface area contributed by atoms with E-state index in [-0.39, 0.29) is 18.3 Å². The molecule has 1 aliphatic carbocycles. The van der Waals surface area contributed by atoms with Crippen LogP contribution in [0.15, 0.2) is 36.0 Å². The van der Waals surface area contributed by atoms with Crippen molar-refractivity contribution in [2.24, 2.45) is 0 Å². The molecule has 10 heteroatoms. The number of hydrogen-bond acceptors (Lipinski definition) is 8. The Labute approximate surface area is 189 Å². The number of nitrogens with one attached hydrogen (secondary N) is 1. The maximum Gasteiger partial charge on any atom is 0.236 e. The molecule has 1 amide bonds. The van der Waals surface area contributed by atoms with Gasteiger partial charge in [0.25, 0.3) is 0 Å². The van der Waals surface area contributed by atoms with Crippen LogP contribution in [0.5, 0.6) is 5.75 Å². The number of aromatic nitrogens is 5. The molecule has 0 saturated heterocycles. The number of amides is 1. The highest BCUT2D eigenvalue weighted by Crippen LogP contribution is 2.42. The maximum atomic E-state index is 12.3. The zero-order chi connectivity index (χ0) is 21.8. The summed E-state index contributed by atoms with van der Waals surface area (Å²) in [6, 6.07) is 6.04. The largest absolute Gasteiger partial charge is 0.485 e. The second-order valence-corrected chi connectivity index (χ2v) is 9.32. The van der Waals surface area contributed by atoms with E-state index < -0.39 is 0 Å². The molecule has 2 aromatic heterocycles.